The third kappa shape index (κ3) is 7.86. The minimum absolute atomic E-state index is 0.103. The van der Waals surface area contributed by atoms with Gasteiger partial charge in [0.15, 0.2) is 18.1 Å². The molecule has 0 radical (unpaired) electrons. The average molecular weight is 509 g/mol. The molecule has 0 atom stereocenters. The molecule has 10 heteroatoms. The molecule has 0 aliphatic heterocycles. The van der Waals surface area contributed by atoms with Gasteiger partial charge in [-0.3, -0.25) is 9.59 Å². The molecule has 0 heterocycles. The molecule has 37 heavy (non-hydrogen) atoms. The third-order valence-corrected chi connectivity index (χ3v) is 4.81. The first-order chi connectivity index (χ1) is 17.7. The van der Waals surface area contributed by atoms with Crippen LogP contribution >= 0.6 is 0 Å². The fourth-order valence-corrected chi connectivity index (χ4v) is 3.15. The summed E-state index contributed by atoms with van der Waals surface area (Å²) in [4.78, 5) is 24.7. The van der Waals surface area contributed by atoms with Crippen LogP contribution in [0.2, 0.25) is 0 Å². The molecule has 0 fully saturated rings. The van der Waals surface area contributed by atoms with Crippen LogP contribution in [0.5, 0.6) is 11.5 Å². The first-order valence-corrected chi connectivity index (χ1v) is 11.0. The highest BCUT2D eigenvalue weighted by Crippen LogP contribution is 2.31. The van der Waals surface area contributed by atoms with Crippen LogP contribution in [-0.2, 0) is 15.8 Å². The summed E-state index contributed by atoms with van der Waals surface area (Å²) in [5.41, 5.74) is -0.346. The van der Waals surface area contributed by atoms with E-state index >= 15 is 0 Å². The molecule has 3 aromatic carbocycles. The lowest BCUT2D eigenvalue weighted by atomic mass is 10.1. The van der Waals surface area contributed by atoms with Crippen LogP contribution in [0.25, 0.3) is 6.08 Å². The van der Waals surface area contributed by atoms with Crippen molar-refractivity contribution < 1.29 is 32.2 Å². The highest BCUT2D eigenvalue weighted by Gasteiger charge is 2.30. The van der Waals surface area contributed by atoms with Gasteiger partial charge in [-0.25, -0.2) is 0 Å². The van der Waals surface area contributed by atoms with Crippen LogP contribution in [0.1, 0.15) is 18.1 Å². The Balaban J connectivity index is 1.72. The molecule has 0 spiro atoms. The summed E-state index contributed by atoms with van der Waals surface area (Å²) in [6.45, 7) is 1.74. The van der Waals surface area contributed by atoms with Crippen molar-refractivity contribution in [3.8, 4) is 17.6 Å². The zero-order chi connectivity index (χ0) is 26.8. The van der Waals surface area contributed by atoms with Crippen LogP contribution in [0.15, 0.2) is 78.4 Å². The summed E-state index contributed by atoms with van der Waals surface area (Å²) in [7, 11) is 0. The van der Waals surface area contributed by atoms with E-state index in [1.165, 1.54) is 24.3 Å². The minimum Gasteiger partial charge on any atom is -0.490 e. The number of nitrogens with one attached hydrogen (secondary N) is 2. The molecule has 7 nitrogen and oxygen atoms in total. The number of amides is 2. The van der Waals surface area contributed by atoms with Crippen LogP contribution < -0.4 is 20.1 Å². The molecule has 2 N–H and O–H groups in total. The van der Waals surface area contributed by atoms with Gasteiger partial charge in [-0.2, -0.15) is 18.4 Å². The average Bonchev–Trinajstić information content (AvgIpc) is 2.87. The highest BCUT2D eigenvalue weighted by molar-refractivity contribution is 6.09. The summed E-state index contributed by atoms with van der Waals surface area (Å²) in [6, 6.07) is 19.3. The maximum atomic E-state index is 12.9. The Bertz CT molecular complexity index is 1330. The normalized spacial score (nSPS) is 11.3. The lowest BCUT2D eigenvalue weighted by Gasteiger charge is -2.13. The van der Waals surface area contributed by atoms with E-state index in [0.717, 1.165) is 18.2 Å². The first-order valence-electron chi connectivity index (χ1n) is 11.0. The summed E-state index contributed by atoms with van der Waals surface area (Å²) in [5, 5.41) is 14.4. The SMILES string of the molecule is CCOc1cc(/C=C(\C#N)C(=O)Nc2cccc(C(F)(F)F)c2)ccc1OCC(=O)Nc1ccccc1. The van der Waals surface area contributed by atoms with Gasteiger partial charge in [0.2, 0.25) is 0 Å². The summed E-state index contributed by atoms with van der Waals surface area (Å²) < 4.78 is 49.9. The lowest BCUT2D eigenvalue weighted by Crippen LogP contribution is -2.20. The molecule has 0 aliphatic rings. The van der Waals surface area contributed by atoms with E-state index < -0.39 is 17.6 Å². The summed E-state index contributed by atoms with van der Waals surface area (Å²) in [5.74, 6) is -0.707. The molecule has 0 unspecified atom stereocenters. The molecular formula is C27H22F3N3O4. The Kier molecular flexibility index (Phi) is 8.89. The molecular weight excluding hydrogens is 487 g/mol. The standard InChI is InChI=1S/C27H22F3N3O4/c1-2-36-24-14-18(11-12-23(24)37-17-25(34)32-21-8-4-3-5-9-21)13-19(16-31)26(35)33-22-10-6-7-20(15-22)27(28,29)30/h3-15H,2,17H2,1H3,(H,32,34)(H,33,35)/b19-13+. The van der Waals surface area contributed by atoms with Crippen LogP contribution in [0.3, 0.4) is 0 Å². The van der Waals surface area contributed by atoms with E-state index in [4.69, 9.17) is 9.47 Å². The van der Waals surface area contributed by atoms with Gasteiger partial charge in [0.25, 0.3) is 11.8 Å². The molecule has 0 aliphatic carbocycles. The van der Waals surface area contributed by atoms with Crippen LogP contribution in [0.4, 0.5) is 24.5 Å². The van der Waals surface area contributed by atoms with Crippen molar-refractivity contribution in [2.45, 2.75) is 13.1 Å². The van der Waals surface area contributed by atoms with Crippen LogP contribution in [-0.4, -0.2) is 25.0 Å². The first kappa shape index (κ1) is 26.8. The Labute approximate surface area is 211 Å². The van der Waals surface area contributed by atoms with Gasteiger partial charge in [-0.1, -0.05) is 30.3 Å². The Morgan fingerprint density at radius 3 is 2.32 bits per heavy atom. The molecule has 190 valence electrons. The number of alkyl halides is 3. The molecule has 2 amide bonds. The van der Waals surface area contributed by atoms with E-state index in [9.17, 15) is 28.0 Å². The molecule has 3 aromatic rings. The van der Waals surface area contributed by atoms with Gasteiger partial charge >= 0.3 is 6.18 Å². The second kappa shape index (κ2) is 12.3. The number of hydrogen-bond acceptors (Lipinski definition) is 5. The van der Waals surface area contributed by atoms with Gasteiger partial charge in [0.1, 0.15) is 11.6 Å². The number of carbonyl (C=O) groups is 2. The maximum absolute atomic E-state index is 12.9. The van der Waals surface area contributed by atoms with E-state index in [-0.39, 0.29) is 41.9 Å². The minimum atomic E-state index is -4.57. The molecule has 0 bridgehead atoms. The number of para-hydroxylation sites is 1. The maximum Gasteiger partial charge on any atom is 0.416 e. The van der Waals surface area contributed by atoms with E-state index in [1.807, 2.05) is 6.07 Å². The third-order valence-electron chi connectivity index (χ3n) is 4.81. The zero-order valence-corrected chi connectivity index (χ0v) is 19.6. The molecule has 3 rings (SSSR count). The number of nitriles is 1. The van der Waals surface area contributed by atoms with E-state index in [1.54, 1.807) is 43.3 Å². The van der Waals surface area contributed by atoms with Crippen LogP contribution in [0, 0.1) is 11.3 Å². The van der Waals surface area contributed by atoms with Crippen molar-refractivity contribution in [2.75, 3.05) is 23.8 Å². The topological polar surface area (TPSA) is 100 Å². The second-order valence-corrected chi connectivity index (χ2v) is 7.54. The van der Waals surface area contributed by atoms with Gasteiger partial charge in [0, 0.05) is 11.4 Å². The fourth-order valence-electron chi connectivity index (χ4n) is 3.15. The van der Waals surface area contributed by atoms with Gasteiger partial charge in [-0.05, 0) is 61.0 Å². The largest absolute Gasteiger partial charge is 0.490 e. The van der Waals surface area contributed by atoms with Crippen molar-refractivity contribution in [3.63, 3.8) is 0 Å². The molecule has 0 saturated carbocycles. The van der Waals surface area contributed by atoms with Crippen molar-refractivity contribution >= 4 is 29.3 Å². The van der Waals surface area contributed by atoms with Crippen molar-refractivity contribution in [1.29, 1.82) is 5.26 Å². The second-order valence-electron chi connectivity index (χ2n) is 7.54. The Morgan fingerprint density at radius 2 is 1.65 bits per heavy atom. The fraction of sp³-hybridized carbons (Fsp3) is 0.148. The van der Waals surface area contributed by atoms with E-state index in [0.29, 0.717) is 11.3 Å². The number of hydrogen-bond donors (Lipinski definition) is 2. The zero-order valence-electron chi connectivity index (χ0n) is 19.6. The number of halogens is 3. The molecule has 0 saturated heterocycles. The van der Waals surface area contributed by atoms with Gasteiger partial charge < -0.3 is 20.1 Å². The predicted octanol–water partition coefficient (Wildman–Crippen LogP) is 5.67. The highest BCUT2D eigenvalue weighted by atomic mass is 19.4. The number of anilines is 2. The monoisotopic (exact) mass is 509 g/mol. The van der Waals surface area contributed by atoms with Crippen molar-refractivity contribution in [3.05, 3.63) is 89.5 Å². The van der Waals surface area contributed by atoms with Crippen molar-refractivity contribution in [1.82, 2.24) is 0 Å². The van der Waals surface area contributed by atoms with Crippen molar-refractivity contribution in [2.24, 2.45) is 0 Å². The number of rotatable bonds is 9. The Hall–Kier alpha value is -4.78. The Morgan fingerprint density at radius 1 is 0.919 bits per heavy atom. The summed E-state index contributed by atoms with van der Waals surface area (Å²) >= 11 is 0. The van der Waals surface area contributed by atoms with Gasteiger partial charge in [0.05, 0.1) is 12.2 Å². The summed E-state index contributed by atoms with van der Waals surface area (Å²) in [6.07, 6.45) is -3.31. The smallest absolute Gasteiger partial charge is 0.416 e. The van der Waals surface area contributed by atoms with E-state index in [2.05, 4.69) is 10.6 Å². The lowest BCUT2D eigenvalue weighted by molar-refractivity contribution is -0.137. The molecule has 0 aromatic heterocycles. The number of ether oxygens (including phenoxy) is 2. The number of carbonyl (C=O) groups excluding carboxylic acids is 2. The quantitative estimate of drug-likeness (QED) is 0.286. The predicted molar refractivity (Wildman–Crippen MR) is 132 cm³/mol. The number of nitrogens with zero attached hydrogens (tertiary/aromatic N) is 1. The van der Waals surface area contributed by atoms with Gasteiger partial charge in [-0.15, -0.1) is 0 Å². The number of benzene rings is 3.